The second-order valence-electron chi connectivity index (χ2n) is 5.61. The van der Waals surface area contributed by atoms with Crippen LogP contribution in [-0.4, -0.2) is 46.0 Å². The summed E-state index contributed by atoms with van der Waals surface area (Å²) in [5.74, 6) is -0.646. The van der Waals surface area contributed by atoms with Crippen molar-refractivity contribution in [1.82, 2.24) is 10.6 Å². The Bertz CT molecular complexity index is 527. The van der Waals surface area contributed by atoms with Gasteiger partial charge in [-0.3, -0.25) is 4.99 Å². The first kappa shape index (κ1) is 21.3. The van der Waals surface area contributed by atoms with E-state index in [9.17, 15) is 8.78 Å². The number of halogens is 2. The van der Waals surface area contributed by atoms with E-state index in [-0.39, 0.29) is 6.04 Å². The molecule has 0 aliphatic carbocycles. The number of nitrogens with zero attached hydrogens (tertiary/aromatic N) is 1. The van der Waals surface area contributed by atoms with Crippen molar-refractivity contribution in [2.45, 2.75) is 32.7 Å². The summed E-state index contributed by atoms with van der Waals surface area (Å²) in [5.41, 5.74) is 0.379. The van der Waals surface area contributed by atoms with Crippen molar-refractivity contribution in [3.63, 3.8) is 0 Å². The highest BCUT2D eigenvalue weighted by atomic mass is 19.1. The van der Waals surface area contributed by atoms with Gasteiger partial charge in [-0.2, -0.15) is 0 Å². The summed E-state index contributed by atoms with van der Waals surface area (Å²) < 4.78 is 37.6. The second-order valence-corrected chi connectivity index (χ2v) is 5.61. The first-order valence-electron chi connectivity index (χ1n) is 8.66. The minimum Gasteiger partial charge on any atom is -0.379 e. The summed E-state index contributed by atoms with van der Waals surface area (Å²) in [6, 6.07) is 3.19. The number of ether oxygens (including phenoxy) is 2. The standard InChI is InChI=1S/C18H29F2N3O2/c1-4-5-9-24-11-12-25-10-8-22-18(21-3)23-14(2)16-7-6-15(19)13-17(16)20/h6-7,13-14H,4-5,8-12H2,1-3H3,(H2,21,22,23). The zero-order valence-corrected chi connectivity index (χ0v) is 15.3. The molecule has 2 N–H and O–H groups in total. The van der Waals surface area contributed by atoms with Gasteiger partial charge < -0.3 is 20.1 Å². The van der Waals surface area contributed by atoms with Crippen LogP contribution in [0.1, 0.15) is 38.3 Å². The first-order chi connectivity index (χ1) is 12.1. The predicted octanol–water partition coefficient (Wildman–Crippen LogP) is 3.02. The highest BCUT2D eigenvalue weighted by Crippen LogP contribution is 2.17. The number of aliphatic imine (C=N–C) groups is 1. The third-order valence-corrected chi connectivity index (χ3v) is 3.56. The highest BCUT2D eigenvalue weighted by Gasteiger charge is 2.13. The predicted molar refractivity (Wildman–Crippen MR) is 95.8 cm³/mol. The van der Waals surface area contributed by atoms with Gasteiger partial charge in [-0.25, -0.2) is 8.78 Å². The Kier molecular flexibility index (Phi) is 10.7. The van der Waals surface area contributed by atoms with E-state index in [0.717, 1.165) is 25.5 Å². The van der Waals surface area contributed by atoms with Crippen LogP contribution in [0.3, 0.4) is 0 Å². The van der Waals surface area contributed by atoms with E-state index < -0.39 is 11.6 Å². The zero-order chi connectivity index (χ0) is 18.5. The highest BCUT2D eigenvalue weighted by molar-refractivity contribution is 5.80. The lowest BCUT2D eigenvalue weighted by Crippen LogP contribution is -2.40. The van der Waals surface area contributed by atoms with Crippen LogP contribution in [0.2, 0.25) is 0 Å². The van der Waals surface area contributed by atoms with Crippen LogP contribution in [0.25, 0.3) is 0 Å². The van der Waals surface area contributed by atoms with Gasteiger partial charge in [-0.15, -0.1) is 0 Å². The Morgan fingerprint density at radius 2 is 1.88 bits per heavy atom. The normalized spacial score (nSPS) is 12.9. The fourth-order valence-electron chi connectivity index (χ4n) is 2.14. The molecule has 1 unspecified atom stereocenters. The molecule has 0 bridgehead atoms. The number of hydrogen-bond acceptors (Lipinski definition) is 3. The third-order valence-electron chi connectivity index (χ3n) is 3.56. The van der Waals surface area contributed by atoms with Crippen LogP contribution in [-0.2, 0) is 9.47 Å². The van der Waals surface area contributed by atoms with Gasteiger partial charge in [0.25, 0.3) is 0 Å². The molecular formula is C18H29F2N3O2. The Balaban J connectivity index is 2.24. The van der Waals surface area contributed by atoms with Crippen LogP contribution >= 0.6 is 0 Å². The van der Waals surface area contributed by atoms with Crippen molar-refractivity contribution >= 4 is 5.96 Å². The summed E-state index contributed by atoms with van der Waals surface area (Å²) in [4.78, 5) is 4.09. The molecular weight excluding hydrogens is 328 g/mol. The van der Waals surface area contributed by atoms with E-state index in [2.05, 4.69) is 22.5 Å². The topological polar surface area (TPSA) is 54.9 Å². The Hall–Kier alpha value is -1.73. The molecule has 7 heteroatoms. The molecule has 0 aliphatic heterocycles. The van der Waals surface area contributed by atoms with Crippen LogP contribution in [0.15, 0.2) is 23.2 Å². The van der Waals surface area contributed by atoms with Gasteiger partial charge in [-0.1, -0.05) is 19.4 Å². The van der Waals surface area contributed by atoms with Crippen LogP contribution in [0.4, 0.5) is 8.78 Å². The number of guanidine groups is 1. The average Bonchev–Trinajstić information content (AvgIpc) is 2.59. The molecule has 0 saturated carbocycles. The molecule has 1 atom stereocenters. The molecule has 0 aromatic heterocycles. The fourth-order valence-corrected chi connectivity index (χ4v) is 2.14. The SMILES string of the molecule is CCCCOCCOCCNC(=NC)NC(C)c1ccc(F)cc1F. The number of rotatable bonds is 11. The van der Waals surface area contributed by atoms with E-state index in [1.54, 1.807) is 14.0 Å². The molecule has 0 amide bonds. The van der Waals surface area contributed by atoms with Gasteiger partial charge in [0.05, 0.1) is 25.9 Å². The number of unbranched alkanes of at least 4 members (excludes halogenated alkanes) is 1. The van der Waals surface area contributed by atoms with Gasteiger partial charge >= 0.3 is 0 Å². The summed E-state index contributed by atoms with van der Waals surface area (Å²) in [6.45, 7) is 6.89. The molecule has 0 fully saturated rings. The molecule has 1 rings (SSSR count). The van der Waals surface area contributed by atoms with Crippen molar-refractivity contribution in [3.8, 4) is 0 Å². The van der Waals surface area contributed by atoms with Crippen LogP contribution < -0.4 is 10.6 Å². The molecule has 5 nitrogen and oxygen atoms in total. The average molecular weight is 357 g/mol. The smallest absolute Gasteiger partial charge is 0.191 e. The lowest BCUT2D eigenvalue weighted by molar-refractivity contribution is 0.0487. The number of benzene rings is 1. The third kappa shape index (κ3) is 8.79. The summed E-state index contributed by atoms with van der Waals surface area (Å²) in [5, 5.41) is 6.15. The molecule has 1 aromatic carbocycles. The first-order valence-corrected chi connectivity index (χ1v) is 8.66. The molecule has 0 radical (unpaired) electrons. The molecule has 0 aliphatic rings. The number of nitrogens with one attached hydrogen (secondary N) is 2. The molecule has 0 spiro atoms. The fraction of sp³-hybridized carbons (Fsp3) is 0.611. The lowest BCUT2D eigenvalue weighted by atomic mass is 10.1. The maximum Gasteiger partial charge on any atom is 0.191 e. The lowest BCUT2D eigenvalue weighted by Gasteiger charge is -2.18. The van der Waals surface area contributed by atoms with Crippen LogP contribution in [0.5, 0.6) is 0 Å². The minimum atomic E-state index is -0.591. The summed E-state index contributed by atoms with van der Waals surface area (Å²) in [6.07, 6.45) is 2.19. The van der Waals surface area contributed by atoms with E-state index in [4.69, 9.17) is 9.47 Å². The van der Waals surface area contributed by atoms with Crippen molar-refractivity contribution in [2.75, 3.05) is 40.0 Å². The molecule has 0 saturated heterocycles. The van der Waals surface area contributed by atoms with E-state index >= 15 is 0 Å². The van der Waals surface area contributed by atoms with Gasteiger partial charge in [0.15, 0.2) is 5.96 Å². The second kappa shape index (κ2) is 12.6. The molecule has 142 valence electrons. The van der Waals surface area contributed by atoms with Gasteiger partial charge in [0.2, 0.25) is 0 Å². The van der Waals surface area contributed by atoms with Gasteiger partial charge in [0.1, 0.15) is 11.6 Å². The van der Waals surface area contributed by atoms with Crippen molar-refractivity contribution in [3.05, 3.63) is 35.4 Å². The van der Waals surface area contributed by atoms with Crippen molar-refractivity contribution in [2.24, 2.45) is 4.99 Å². The van der Waals surface area contributed by atoms with E-state index in [1.165, 1.54) is 12.1 Å². The maximum absolute atomic E-state index is 13.8. The van der Waals surface area contributed by atoms with Gasteiger partial charge in [-0.05, 0) is 19.4 Å². The van der Waals surface area contributed by atoms with Gasteiger partial charge in [0, 0.05) is 31.8 Å². The maximum atomic E-state index is 13.8. The summed E-state index contributed by atoms with van der Waals surface area (Å²) in [7, 11) is 1.63. The molecule has 25 heavy (non-hydrogen) atoms. The largest absolute Gasteiger partial charge is 0.379 e. The molecule has 0 heterocycles. The van der Waals surface area contributed by atoms with Crippen molar-refractivity contribution < 1.29 is 18.3 Å². The summed E-state index contributed by atoms with van der Waals surface area (Å²) >= 11 is 0. The Morgan fingerprint density at radius 1 is 1.16 bits per heavy atom. The minimum absolute atomic E-state index is 0.348. The van der Waals surface area contributed by atoms with Crippen molar-refractivity contribution in [1.29, 1.82) is 0 Å². The molecule has 1 aromatic rings. The van der Waals surface area contributed by atoms with E-state index in [1.807, 2.05) is 0 Å². The monoisotopic (exact) mass is 357 g/mol. The number of hydrogen-bond donors (Lipinski definition) is 2. The Labute approximate surface area is 148 Å². The quantitative estimate of drug-likeness (QED) is 0.363. The van der Waals surface area contributed by atoms with Crippen LogP contribution in [0, 0.1) is 11.6 Å². The Morgan fingerprint density at radius 3 is 2.52 bits per heavy atom. The zero-order valence-electron chi connectivity index (χ0n) is 15.3. The van der Waals surface area contributed by atoms with E-state index in [0.29, 0.717) is 37.9 Å².